The zero-order valence-electron chi connectivity index (χ0n) is 21.4. The molecule has 3 aliphatic rings. The summed E-state index contributed by atoms with van der Waals surface area (Å²) in [6.45, 7) is 5.10. The van der Waals surface area contributed by atoms with Crippen molar-refractivity contribution in [3.05, 3.63) is 64.6 Å². The first-order chi connectivity index (χ1) is 17.5. The minimum absolute atomic E-state index is 0.0122. The van der Waals surface area contributed by atoms with Gasteiger partial charge in [-0.3, -0.25) is 9.59 Å². The summed E-state index contributed by atoms with van der Waals surface area (Å²) in [6.07, 6.45) is 4.63. The number of nitrogens with zero attached hydrogens (tertiary/aromatic N) is 3. The van der Waals surface area contributed by atoms with Crippen molar-refractivity contribution >= 4 is 35.3 Å². The molecule has 2 saturated heterocycles. The van der Waals surface area contributed by atoms with Gasteiger partial charge in [0.05, 0.1) is 17.7 Å². The normalized spacial score (nSPS) is 25.6. The molecule has 190 valence electrons. The van der Waals surface area contributed by atoms with Crippen LogP contribution in [0.5, 0.6) is 5.75 Å². The van der Waals surface area contributed by atoms with E-state index in [1.54, 1.807) is 18.9 Å². The van der Waals surface area contributed by atoms with Gasteiger partial charge in [-0.2, -0.15) is 0 Å². The fourth-order valence-corrected chi connectivity index (χ4v) is 7.20. The van der Waals surface area contributed by atoms with Gasteiger partial charge in [-0.15, -0.1) is 11.8 Å². The summed E-state index contributed by atoms with van der Waals surface area (Å²) in [5.74, 6) is 1.18. The number of aryl methyl sites for hydroxylation is 1. The lowest BCUT2D eigenvalue weighted by atomic mass is 9.83. The van der Waals surface area contributed by atoms with E-state index in [2.05, 4.69) is 30.0 Å². The summed E-state index contributed by atoms with van der Waals surface area (Å²) >= 11 is 1.71. The Morgan fingerprint density at radius 1 is 1.03 bits per heavy atom. The topological polar surface area (TPSA) is 53.1 Å². The van der Waals surface area contributed by atoms with Gasteiger partial charge in [-0.25, -0.2) is 0 Å². The van der Waals surface area contributed by atoms with E-state index in [-0.39, 0.29) is 23.8 Å². The molecule has 2 aliphatic heterocycles. The molecule has 0 bridgehead atoms. The van der Waals surface area contributed by atoms with E-state index in [0.29, 0.717) is 18.3 Å². The minimum atomic E-state index is -0.0122. The maximum absolute atomic E-state index is 13.5. The Balaban J connectivity index is 1.21. The number of rotatable bonds is 4. The Hall–Kier alpha value is -2.93. The van der Waals surface area contributed by atoms with Gasteiger partial charge in [0.2, 0.25) is 5.91 Å². The third kappa shape index (κ3) is 4.85. The highest BCUT2D eigenvalue weighted by Gasteiger charge is 2.43. The number of hydrogen-bond acceptors (Lipinski definition) is 5. The predicted molar refractivity (Wildman–Crippen MR) is 146 cm³/mol. The zero-order valence-corrected chi connectivity index (χ0v) is 22.2. The predicted octanol–water partition coefficient (Wildman–Crippen LogP) is 4.44. The van der Waals surface area contributed by atoms with Crippen molar-refractivity contribution in [1.82, 2.24) is 9.80 Å². The molecule has 0 aromatic heterocycles. The molecule has 5 rings (SSSR count). The molecule has 3 atom stereocenters. The van der Waals surface area contributed by atoms with Crippen LogP contribution in [0.15, 0.2) is 53.4 Å². The van der Waals surface area contributed by atoms with E-state index in [1.807, 2.05) is 53.3 Å². The molecule has 1 saturated carbocycles. The van der Waals surface area contributed by atoms with Crippen LogP contribution in [-0.4, -0.2) is 73.2 Å². The highest BCUT2D eigenvalue weighted by Crippen LogP contribution is 2.43. The molecule has 2 heterocycles. The average molecular weight is 506 g/mol. The van der Waals surface area contributed by atoms with Crippen LogP contribution in [0.3, 0.4) is 0 Å². The Morgan fingerprint density at radius 3 is 2.50 bits per heavy atom. The van der Waals surface area contributed by atoms with Gasteiger partial charge < -0.3 is 19.4 Å². The average Bonchev–Trinajstić information content (AvgIpc) is 2.92. The number of methoxy groups -OCH3 is 1. The van der Waals surface area contributed by atoms with Gasteiger partial charge in [-0.05, 0) is 55.5 Å². The number of likely N-dealkylation sites (N-methyl/N-ethyl adjacent to an activating group) is 1. The SMILES string of the molecule is COc1ccccc1N1CCN(C(=O)C2CCC3S/C(=C\c4ccccc4C)C(=O)N(C)C3C2)CC1. The van der Waals surface area contributed by atoms with Crippen molar-refractivity contribution in [2.75, 3.05) is 45.2 Å². The van der Waals surface area contributed by atoms with Crippen LogP contribution in [0.4, 0.5) is 5.69 Å². The quantitative estimate of drug-likeness (QED) is 0.576. The summed E-state index contributed by atoms with van der Waals surface area (Å²) < 4.78 is 5.52. The monoisotopic (exact) mass is 505 g/mol. The number of ether oxygens (including phenoxy) is 1. The van der Waals surface area contributed by atoms with Gasteiger partial charge in [0.25, 0.3) is 5.91 Å². The van der Waals surface area contributed by atoms with E-state index >= 15 is 0 Å². The van der Waals surface area contributed by atoms with Gasteiger partial charge >= 0.3 is 0 Å². The summed E-state index contributed by atoms with van der Waals surface area (Å²) in [7, 11) is 3.60. The van der Waals surface area contributed by atoms with Crippen molar-refractivity contribution in [3.63, 3.8) is 0 Å². The summed E-state index contributed by atoms with van der Waals surface area (Å²) in [6, 6.07) is 16.3. The minimum Gasteiger partial charge on any atom is -0.495 e. The molecule has 2 amide bonds. The molecule has 1 aliphatic carbocycles. The number of para-hydroxylation sites is 2. The molecule has 2 aromatic rings. The van der Waals surface area contributed by atoms with Gasteiger partial charge in [0.15, 0.2) is 0 Å². The van der Waals surface area contributed by atoms with Gasteiger partial charge in [0, 0.05) is 50.4 Å². The first-order valence-electron chi connectivity index (χ1n) is 12.8. The van der Waals surface area contributed by atoms with Crippen LogP contribution in [0, 0.1) is 12.8 Å². The number of piperazine rings is 1. The van der Waals surface area contributed by atoms with Crippen LogP contribution in [0.25, 0.3) is 6.08 Å². The van der Waals surface area contributed by atoms with Crippen LogP contribution in [0.1, 0.15) is 30.4 Å². The smallest absolute Gasteiger partial charge is 0.260 e. The first kappa shape index (κ1) is 24.8. The zero-order chi connectivity index (χ0) is 25.2. The van der Waals surface area contributed by atoms with Crippen molar-refractivity contribution in [2.45, 2.75) is 37.5 Å². The van der Waals surface area contributed by atoms with E-state index in [4.69, 9.17) is 4.74 Å². The van der Waals surface area contributed by atoms with Crippen LogP contribution >= 0.6 is 11.8 Å². The lowest BCUT2D eigenvalue weighted by Gasteiger charge is -2.45. The molecular formula is C29H35N3O3S. The Kier molecular flexibility index (Phi) is 7.28. The number of amides is 2. The van der Waals surface area contributed by atoms with Crippen LogP contribution < -0.4 is 9.64 Å². The fourth-order valence-electron chi connectivity index (χ4n) is 5.73. The van der Waals surface area contributed by atoms with E-state index in [9.17, 15) is 9.59 Å². The first-order valence-corrected chi connectivity index (χ1v) is 13.7. The number of hydrogen-bond donors (Lipinski definition) is 0. The molecule has 0 radical (unpaired) electrons. The number of carbonyl (C=O) groups excluding carboxylic acids is 2. The molecule has 3 fully saturated rings. The van der Waals surface area contributed by atoms with Crippen molar-refractivity contribution < 1.29 is 14.3 Å². The van der Waals surface area contributed by atoms with Crippen molar-refractivity contribution in [3.8, 4) is 5.75 Å². The van der Waals surface area contributed by atoms with Crippen molar-refractivity contribution in [1.29, 1.82) is 0 Å². The largest absolute Gasteiger partial charge is 0.495 e. The summed E-state index contributed by atoms with van der Waals surface area (Å²) in [4.78, 5) is 33.7. The molecular weight excluding hydrogens is 470 g/mol. The highest BCUT2D eigenvalue weighted by molar-refractivity contribution is 8.04. The van der Waals surface area contributed by atoms with Crippen LogP contribution in [-0.2, 0) is 9.59 Å². The number of benzene rings is 2. The lowest BCUT2D eigenvalue weighted by molar-refractivity contribution is -0.139. The van der Waals surface area contributed by atoms with Gasteiger partial charge in [0.1, 0.15) is 5.75 Å². The molecule has 2 aromatic carbocycles. The second kappa shape index (κ2) is 10.6. The number of anilines is 1. The van der Waals surface area contributed by atoms with E-state index in [1.165, 1.54) is 5.56 Å². The number of carbonyl (C=O) groups is 2. The second-order valence-electron chi connectivity index (χ2n) is 10.00. The number of thioether (sulfide) groups is 1. The highest BCUT2D eigenvalue weighted by atomic mass is 32.2. The number of fused-ring (bicyclic) bond motifs is 1. The maximum Gasteiger partial charge on any atom is 0.260 e. The van der Waals surface area contributed by atoms with Crippen LogP contribution in [0.2, 0.25) is 0 Å². The molecule has 3 unspecified atom stereocenters. The Morgan fingerprint density at radius 2 is 1.75 bits per heavy atom. The third-order valence-corrected chi connectivity index (χ3v) is 9.30. The van der Waals surface area contributed by atoms with E-state index < -0.39 is 0 Å². The molecule has 0 N–H and O–H groups in total. The van der Waals surface area contributed by atoms with Crippen molar-refractivity contribution in [2.24, 2.45) is 5.92 Å². The maximum atomic E-state index is 13.5. The third-order valence-electron chi connectivity index (χ3n) is 7.90. The molecule has 36 heavy (non-hydrogen) atoms. The standard InChI is InChI=1S/C29H35N3O3S/c1-20-8-4-5-9-21(20)19-27-29(34)30(2)24-18-22(12-13-26(24)36-27)28(33)32-16-14-31(15-17-32)23-10-6-7-11-25(23)35-3/h4-11,19,22,24,26H,12-18H2,1-3H3/b27-19-. The second-order valence-corrected chi connectivity index (χ2v) is 11.3. The fraction of sp³-hybridized carbons (Fsp3) is 0.448. The Labute approximate surface area is 218 Å². The molecule has 7 heteroatoms. The molecule has 0 spiro atoms. The lowest BCUT2D eigenvalue weighted by Crippen LogP contribution is -2.55. The summed E-state index contributed by atoms with van der Waals surface area (Å²) in [5.41, 5.74) is 3.35. The summed E-state index contributed by atoms with van der Waals surface area (Å²) in [5, 5.41) is 0.342. The van der Waals surface area contributed by atoms with E-state index in [0.717, 1.165) is 54.3 Å². The molecule has 6 nitrogen and oxygen atoms in total. The van der Waals surface area contributed by atoms with Gasteiger partial charge in [-0.1, -0.05) is 36.4 Å². The Bertz CT molecular complexity index is 1160.